The number of hydrogen-bond donors (Lipinski definition) is 1. The summed E-state index contributed by atoms with van der Waals surface area (Å²) in [4.78, 5) is 4.49. The van der Waals surface area contributed by atoms with E-state index in [4.69, 9.17) is 9.47 Å². The predicted octanol–water partition coefficient (Wildman–Crippen LogP) is 3.33. The molecule has 106 valence electrons. The molecule has 0 spiro atoms. The van der Waals surface area contributed by atoms with Crippen molar-refractivity contribution in [2.75, 3.05) is 19.5 Å². The van der Waals surface area contributed by atoms with E-state index in [2.05, 4.69) is 23.3 Å². The molecule has 0 aliphatic carbocycles. The first-order valence-corrected chi connectivity index (χ1v) is 6.52. The first-order chi connectivity index (χ1) is 9.62. The third kappa shape index (κ3) is 3.41. The summed E-state index contributed by atoms with van der Waals surface area (Å²) in [6.45, 7) is 4.63. The van der Waals surface area contributed by atoms with Crippen molar-refractivity contribution in [1.82, 2.24) is 4.98 Å². The summed E-state index contributed by atoms with van der Waals surface area (Å²) in [6, 6.07) is 9.89. The summed E-state index contributed by atoms with van der Waals surface area (Å²) >= 11 is 0. The Kier molecular flexibility index (Phi) is 4.45. The highest BCUT2D eigenvalue weighted by Crippen LogP contribution is 2.26. The summed E-state index contributed by atoms with van der Waals surface area (Å²) in [5.74, 6) is 1.65. The van der Waals surface area contributed by atoms with Crippen LogP contribution in [0, 0.1) is 13.8 Å². The molecule has 20 heavy (non-hydrogen) atoms. The largest absolute Gasteiger partial charge is 0.497 e. The van der Waals surface area contributed by atoms with Crippen molar-refractivity contribution in [1.29, 1.82) is 0 Å². The van der Waals surface area contributed by atoms with Gasteiger partial charge in [0.25, 0.3) is 0 Å². The number of methoxy groups -OCH3 is 2. The van der Waals surface area contributed by atoms with Gasteiger partial charge in [0.2, 0.25) is 0 Å². The van der Waals surface area contributed by atoms with E-state index in [1.165, 1.54) is 5.56 Å². The standard InChI is InChI=1S/C16H20N2O2/c1-11-5-6-16(20-4)15(7-11)17-10-13-9-14(19-3)8-12(2)18-13/h5-9,17H,10H2,1-4H3. The van der Waals surface area contributed by atoms with Crippen LogP contribution in [0.5, 0.6) is 11.5 Å². The SMILES string of the molecule is COc1cc(C)nc(CNc2cc(C)ccc2OC)c1. The molecule has 0 amide bonds. The van der Waals surface area contributed by atoms with Crippen molar-refractivity contribution in [3.05, 3.63) is 47.3 Å². The summed E-state index contributed by atoms with van der Waals surface area (Å²) in [5.41, 5.74) is 4.03. The summed E-state index contributed by atoms with van der Waals surface area (Å²) < 4.78 is 10.6. The molecule has 1 heterocycles. The Morgan fingerprint density at radius 3 is 2.55 bits per heavy atom. The van der Waals surface area contributed by atoms with Crippen molar-refractivity contribution in [2.24, 2.45) is 0 Å². The molecule has 0 saturated heterocycles. The van der Waals surface area contributed by atoms with Crippen molar-refractivity contribution in [3.8, 4) is 11.5 Å². The molecule has 4 heteroatoms. The van der Waals surface area contributed by atoms with Gasteiger partial charge in [0, 0.05) is 17.8 Å². The maximum atomic E-state index is 5.35. The molecule has 0 fully saturated rings. The molecule has 0 atom stereocenters. The highest BCUT2D eigenvalue weighted by atomic mass is 16.5. The van der Waals surface area contributed by atoms with Crippen molar-refractivity contribution in [2.45, 2.75) is 20.4 Å². The van der Waals surface area contributed by atoms with Crippen LogP contribution in [0.15, 0.2) is 30.3 Å². The molecule has 0 bridgehead atoms. The van der Waals surface area contributed by atoms with E-state index in [1.54, 1.807) is 14.2 Å². The molecule has 0 saturated carbocycles. The number of rotatable bonds is 5. The molecule has 0 aliphatic heterocycles. The van der Waals surface area contributed by atoms with E-state index in [-0.39, 0.29) is 0 Å². The van der Waals surface area contributed by atoms with Gasteiger partial charge in [-0.25, -0.2) is 0 Å². The Morgan fingerprint density at radius 2 is 1.85 bits per heavy atom. The van der Waals surface area contributed by atoms with Crippen LogP contribution in [0.3, 0.4) is 0 Å². The molecular formula is C16H20N2O2. The number of aromatic nitrogens is 1. The second kappa shape index (κ2) is 6.28. The van der Waals surface area contributed by atoms with E-state index in [0.717, 1.165) is 28.6 Å². The number of ether oxygens (including phenoxy) is 2. The Bertz CT molecular complexity index is 597. The van der Waals surface area contributed by atoms with Gasteiger partial charge in [-0.1, -0.05) is 6.07 Å². The molecule has 2 rings (SSSR count). The molecule has 2 aromatic rings. The number of pyridine rings is 1. The van der Waals surface area contributed by atoms with E-state index in [0.29, 0.717) is 6.54 Å². The predicted molar refractivity (Wildman–Crippen MR) is 80.6 cm³/mol. The van der Waals surface area contributed by atoms with Gasteiger partial charge in [-0.05, 0) is 31.5 Å². The highest BCUT2D eigenvalue weighted by Gasteiger charge is 2.05. The van der Waals surface area contributed by atoms with Gasteiger partial charge >= 0.3 is 0 Å². The van der Waals surface area contributed by atoms with Gasteiger partial charge in [-0.15, -0.1) is 0 Å². The smallest absolute Gasteiger partial charge is 0.141 e. The van der Waals surface area contributed by atoms with Gasteiger partial charge in [0.05, 0.1) is 32.1 Å². The fraction of sp³-hybridized carbons (Fsp3) is 0.312. The van der Waals surface area contributed by atoms with Gasteiger partial charge < -0.3 is 14.8 Å². The van der Waals surface area contributed by atoms with E-state index < -0.39 is 0 Å². The van der Waals surface area contributed by atoms with Crippen LogP contribution < -0.4 is 14.8 Å². The molecule has 1 aromatic carbocycles. The fourth-order valence-electron chi connectivity index (χ4n) is 2.06. The fourth-order valence-corrected chi connectivity index (χ4v) is 2.06. The number of nitrogens with one attached hydrogen (secondary N) is 1. The summed E-state index contributed by atoms with van der Waals surface area (Å²) in [7, 11) is 3.33. The topological polar surface area (TPSA) is 43.4 Å². The number of aryl methyl sites for hydroxylation is 2. The van der Waals surface area contributed by atoms with Crippen LogP contribution in [-0.2, 0) is 6.54 Å². The second-order valence-corrected chi connectivity index (χ2v) is 4.70. The molecule has 0 unspecified atom stereocenters. The molecule has 0 radical (unpaired) electrons. The lowest BCUT2D eigenvalue weighted by molar-refractivity contribution is 0.413. The lowest BCUT2D eigenvalue weighted by atomic mass is 10.2. The third-order valence-corrected chi connectivity index (χ3v) is 3.03. The van der Waals surface area contributed by atoms with Gasteiger partial charge in [-0.2, -0.15) is 0 Å². The zero-order chi connectivity index (χ0) is 14.5. The third-order valence-electron chi connectivity index (χ3n) is 3.03. The quantitative estimate of drug-likeness (QED) is 0.906. The van der Waals surface area contributed by atoms with E-state index in [1.807, 2.05) is 31.2 Å². The van der Waals surface area contributed by atoms with Crippen molar-refractivity contribution < 1.29 is 9.47 Å². The van der Waals surface area contributed by atoms with Crippen LogP contribution >= 0.6 is 0 Å². The van der Waals surface area contributed by atoms with Crippen molar-refractivity contribution in [3.63, 3.8) is 0 Å². The van der Waals surface area contributed by atoms with Gasteiger partial charge in [0.15, 0.2) is 0 Å². The zero-order valence-corrected chi connectivity index (χ0v) is 12.4. The minimum atomic E-state index is 0.623. The number of nitrogens with zero attached hydrogens (tertiary/aromatic N) is 1. The van der Waals surface area contributed by atoms with Crippen LogP contribution in [-0.4, -0.2) is 19.2 Å². The van der Waals surface area contributed by atoms with Crippen LogP contribution in [0.2, 0.25) is 0 Å². The van der Waals surface area contributed by atoms with E-state index in [9.17, 15) is 0 Å². The maximum Gasteiger partial charge on any atom is 0.141 e. The minimum absolute atomic E-state index is 0.623. The second-order valence-electron chi connectivity index (χ2n) is 4.70. The maximum absolute atomic E-state index is 5.35. The monoisotopic (exact) mass is 272 g/mol. The minimum Gasteiger partial charge on any atom is -0.497 e. The molecule has 0 aliphatic rings. The van der Waals surface area contributed by atoms with Crippen LogP contribution in [0.4, 0.5) is 5.69 Å². The number of anilines is 1. The lowest BCUT2D eigenvalue weighted by Gasteiger charge is -2.12. The Balaban J connectivity index is 2.16. The molecule has 4 nitrogen and oxygen atoms in total. The average molecular weight is 272 g/mol. The molecule has 1 N–H and O–H groups in total. The summed E-state index contributed by atoms with van der Waals surface area (Å²) in [5, 5.41) is 3.36. The first-order valence-electron chi connectivity index (χ1n) is 6.52. The van der Waals surface area contributed by atoms with Crippen LogP contribution in [0.1, 0.15) is 17.0 Å². The highest BCUT2D eigenvalue weighted by molar-refractivity contribution is 5.58. The lowest BCUT2D eigenvalue weighted by Crippen LogP contribution is -2.04. The Hall–Kier alpha value is -2.23. The van der Waals surface area contributed by atoms with Crippen LogP contribution in [0.25, 0.3) is 0 Å². The first kappa shape index (κ1) is 14.2. The summed E-state index contributed by atoms with van der Waals surface area (Å²) in [6.07, 6.45) is 0. The zero-order valence-electron chi connectivity index (χ0n) is 12.4. The van der Waals surface area contributed by atoms with Gasteiger partial charge in [0.1, 0.15) is 11.5 Å². The number of hydrogen-bond acceptors (Lipinski definition) is 4. The van der Waals surface area contributed by atoms with Gasteiger partial charge in [-0.3, -0.25) is 4.98 Å². The Morgan fingerprint density at radius 1 is 1.05 bits per heavy atom. The normalized spacial score (nSPS) is 10.2. The molecular weight excluding hydrogens is 252 g/mol. The average Bonchev–Trinajstić information content (AvgIpc) is 2.44. The number of benzene rings is 1. The Labute approximate surface area is 119 Å². The van der Waals surface area contributed by atoms with E-state index >= 15 is 0 Å². The van der Waals surface area contributed by atoms with Crippen molar-refractivity contribution >= 4 is 5.69 Å². The molecule has 1 aromatic heterocycles.